The first-order valence-corrected chi connectivity index (χ1v) is 4.20. The number of aryl methyl sites for hydroxylation is 2. The van der Waals surface area contributed by atoms with Gasteiger partial charge in [-0.25, -0.2) is 4.79 Å². The number of nitrogens with two attached hydrogens (primary N) is 1. The molecule has 13 heavy (non-hydrogen) atoms. The van der Waals surface area contributed by atoms with E-state index in [0.717, 1.165) is 17.5 Å². The van der Waals surface area contributed by atoms with E-state index in [2.05, 4.69) is 0 Å². The van der Waals surface area contributed by atoms with E-state index in [1.807, 2.05) is 32.0 Å². The summed E-state index contributed by atoms with van der Waals surface area (Å²) in [6, 6.07) is 5.75. The van der Waals surface area contributed by atoms with Crippen molar-refractivity contribution in [1.29, 1.82) is 0 Å². The first-order valence-electron chi connectivity index (χ1n) is 4.20. The highest BCUT2D eigenvalue weighted by atomic mass is 16.5. The average molecular weight is 179 g/mol. The average Bonchev–Trinajstić information content (AvgIpc) is 2.08. The summed E-state index contributed by atoms with van der Waals surface area (Å²) in [6.07, 6.45) is 0.145. The predicted octanol–water partition coefficient (Wildman–Crippen LogP) is 2.01. The summed E-state index contributed by atoms with van der Waals surface area (Å²) in [5.41, 5.74) is 6.96. The number of hydrogen-bond donors (Lipinski definition) is 1. The van der Waals surface area contributed by atoms with Crippen LogP contribution in [-0.2, 0) is 6.42 Å². The van der Waals surface area contributed by atoms with E-state index in [1.54, 1.807) is 0 Å². The second-order valence-electron chi connectivity index (χ2n) is 2.87. The number of carbonyl (C=O) groups is 1. The van der Waals surface area contributed by atoms with Crippen LogP contribution >= 0.6 is 0 Å². The lowest BCUT2D eigenvalue weighted by atomic mass is 10.1. The van der Waals surface area contributed by atoms with E-state index in [0.29, 0.717) is 5.75 Å². The largest absolute Gasteiger partial charge is 0.410 e. The standard InChI is InChI=1S/C10H13NO2/c1-3-8-5-4-7(2)9(6-8)13-10(11)12/h4-6H,3H2,1-2H3,(H2,11,12). The minimum absolute atomic E-state index is 0.548. The Hall–Kier alpha value is -1.51. The fraction of sp³-hybridized carbons (Fsp3) is 0.300. The molecule has 0 fully saturated rings. The van der Waals surface area contributed by atoms with Crippen LogP contribution in [0.15, 0.2) is 18.2 Å². The van der Waals surface area contributed by atoms with Gasteiger partial charge in [0.1, 0.15) is 5.75 Å². The Labute approximate surface area is 77.5 Å². The molecule has 70 valence electrons. The van der Waals surface area contributed by atoms with Crippen LogP contribution in [0.5, 0.6) is 5.75 Å². The fourth-order valence-corrected chi connectivity index (χ4v) is 1.08. The number of primary amides is 1. The third-order valence-electron chi connectivity index (χ3n) is 1.87. The molecule has 0 unspecified atom stereocenters. The van der Waals surface area contributed by atoms with Crippen LogP contribution in [-0.4, -0.2) is 6.09 Å². The Balaban J connectivity index is 2.96. The quantitative estimate of drug-likeness (QED) is 0.755. The maximum atomic E-state index is 10.5. The molecule has 3 heteroatoms. The normalized spacial score (nSPS) is 9.69. The zero-order chi connectivity index (χ0) is 9.84. The molecule has 0 aliphatic carbocycles. The first kappa shape index (κ1) is 9.58. The number of hydrogen-bond acceptors (Lipinski definition) is 2. The van der Waals surface area contributed by atoms with Gasteiger partial charge in [-0.1, -0.05) is 19.1 Å². The van der Waals surface area contributed by atoms with Crippen molar-refractivity contribution in [3.05, 3.63) is 29.3 Å². The van der Waals surface area contributed by atoms with Gasteiger partial charge in [0.15, 0.2) is 0 Å². The van der Waals surface area contributed by atoms with Crippen LogP contribution < -0.4 is 10.5 Å². The van der Waals surface area contributed by atoms with Gasteiger partial charge in [-0.2, -0.15) is 0 Å². The van der Waals surface area contributed by atoms with Gasteiger partial charge >= 0.3 is 6.09 Å². The van der Waals surface area contributed by atoms with Crippen molar-refractivity contribution in [1.82, 2.24) is 0 Å². The van der Waals surface area contributed by atoms with Gasteiger partial charge in [0, 0.05) is 0 Å². The third-order valence-corrected chi connectivity index (χ3v) is 1.87. The van der Waals surface area contributed by atoms with E-state index < -0.39 is 6.09 Å². The lowest BCUT2D eigenvalue weighted by Crippen LogP contribution is -2.16. The highest BCUT2D eigenvalue weighted by molar-refractivity contribution is 5.68. The van der Waals surface area contributed by atoms with E-state index in [9.17, 15) is 4.79 Å². The topological polar surface area (TPSA) is 52.3 Å². The van der Waals surface area contributed by atoms with E-state index >= 15 is 0 Å². The van der Waals surface area contributed by atoms with Crippen molar-refractivity contribution in [3.63, 3.8) is 0 Å². The molecular formula is C10H13NO2. The van der Waals surface area contributed by atoms with Gasteiger partial charge in [-0.05, 0) is 30.5 Å². The molecule has 0 radical (unpaired) electrons. The fourth-order valence-electron chi connectivity index (χ4n) is 1.08. The van der Waals surface area contributed by atoms with E-state index in [-0.39, 0.29) is 0 Å². The summed E-state index contributed by atoms with van der Waals surface area (Å²) < 4.78 is 4.83. The molecule has 0 spiro atoms. The van der Waals surface area contributed by atoms with Crippen molar-refractivity contribution >= 4 is 6.09 Å². The van der Waals surface area contributed by atoms with Crippen LogP contribution in [0.3, 0.4) is 0 Å². The number of amides is 1. The SMILES string of the molecule is CCc1ccc(C)c(OC(N)=O)c1. The van der Waals surface area contributed by atoms with Gasteiger partial charge in [-0.3, -0.25) is 0 Å². The van der Waals surface area contributed by atoms with Crippen LogP contribution in [0, 0.1) is 6.92 Å². The molecule has 0 atom stereocenters. The van der Waals surface area contributed by atoms with Crippen molar-refractivity contribution in [2.45, 2.75) is 20.3 Å². The molecule has 0 saturated carbocycles. The third kappa shape index (κ3) is 2.47. The Morgan fingerprint density at radius 3 is 2.77 bits per heavy atom. The predicted molar refractivity (Wildman–Crippen MR) is 50.8 cm³/mol. The summed E-state index contributed by atoms with van der Waals surface area (Å²) in [5, 5.41) is 0. The maximum Gasteiger partial charge on any atom is 0.409 e. The molecule has 1 aromatic rings. The molecule has 0 saturated heterocycles. The van der Waals surface area contributed by atoms with E-state index in [4.69, 9.17) is 10.5 Å². The summed E-state index contributed by atoms with van der Waals surface area (Å²) >= 11 is 0. The first-order chi connectivity index (χ1) is 6.13. The van der Waals surface area contributed by atoms with Crippen LogP contribution in [0.1, 0.15) is 18.1 Å². The van der Waals surface area contributed by atoms with Gasteiger partial charge in [0.25, 0.3) is 0 Å². The molecule has 0 aliphatic heterocycles. The Kier molecular flexibility index (Phi) is 2.90. The highest BCUT2D eigenvalue weighted by Crippen LogP contribution is 2.19. The molecule has 0 aromatic heterocycles. The smallest absolute Gasteiger partial charge is 0.409 e. The van der Waals surface area contributed by atoms with Crippen molar-refractivity contribution < 1.29 is 9.53 Å². The monoisotopic (exact) mass is 179 g/mol. The second kappa shape index (κ2) is 3.94. The minimum Gasteiger partial charge on any atom is -0.410 e. The summed E-state index contributed by atoms with van der Waals surface area (Å²) in [5.74, 6) is 0.548. The molecular weight excluding hydrogens is 166 g/mol. The summed E-state index contributed by atoms with van der Waals surface area (Å²) in [7, 11) is 0. The van der Waals surface area contributed by atoms with Crippen molar-refractivity contribution in [2.75, 3.05) is 0 Å². The van der Waals surface area contributed by atoms with Gasteiger partial charge < -0.3 is 10.5 Å². The lowest BCUT2D eigenvalue weighted by molar-refractivity contribution is 0.210. The van der Waals surface area contributed by atoms with Crippen LogP contribution in [0.2, 0.25) is 0 Å². The Bertz CT molecular complexity index is 321. The minimum atomic E-state index is -0.767. The van der Waals surface area contributed by atoms with E-state index in [1.165, 1.54) is 0 Å². The van der Waals surface area contributed by atoms with Gasteiger partial charge in [0.2, 0.25) is 0 Å². The van der Waals surface area contributed by atoms with Crippen molar-refractivity contribution in [2.24, 2.45) is 5.73 Å². The zero-order valence-corrected chi connectivity index (χ0v) is 7.83. The molecule has 0 bridgehead atoms. The zero-order valence-electron chi connectivity index (χ0n) is 7.83. The van der Waals surface area contributed by atoms with Gasteiger partial charge in [-0.15, -0.1) is 0 Å². The highest BCUT2D eigenvalue weighted by Gasteiger charge is 2.03. The second-order valence-corrected chi connectivity index (χ2v) is 2.87. The summed E-state index contributed by atoms with van der Waals surface area (Å²) in [4.78, 5) is 10.5. The molecule has 3 nitrogen and oxygen atoms in total. The molecule has 1 aromatic carbocycles. The van der Waals surface area contributed by atoms with Crippen molar-refractivity contribution in [3.8, 4) is 5.75 Å². The summed E-state index contributed by atoms with van der Waals surface area (Å²) in [6.45, 7) is 3.91. The Morgan fingerprint density at radius 2 is 2.23 bits per heavy atom. The number of rotatable bonds is 2. The lowest BCUT2D eigenvalue weighted by Gasteiger charge is -2.06. The Morgan fingerprint density at radius 1 is 1.54 bits per heavy atom. The van der Waals surface area contributed by atoms with Crippen LogP contribution in [0.4, 0.5) is 4.79 Å². The molecule has 0 heterocycles. The molecule has 1 amide bonds. The molecule has 0 aliphatic rings. The maximum absolute atomic E-state index is 10.5. The number of carbonyl (C=O) groups excluding carboxylic acids is 1. The van der Waals surface area contributed by atoms with Crippen LogP contribution in [0.25, 0.3) is 0 Å². The number of benzene rings is 1. The molecule has 2 N–H and O–H groups in total. The van der Waals surface area contributed by atoms with Gasteiger partial charge in [0.05, 0.1) is 0 Å². The number of ether oxygens (including phenoxy) is 1. The molecule has 1 rings (SSSR count).